The van der Waals surface area contributed by atoms with Crippen LogP contribution in [-0.4, -0.2) is 36.8 Å². The summed E-state index contributed by atoms with van der Waals surface area (Å²) in [7, 11) is 1.34. The van der Waals surface area contributed by atoms with Crippen LogP contribution in [0, 0.1) is 11.8 Å². The van der Waals surface area contributed by atoms with Crippen LogP contribution < -0.4 is 0 Å². The number of amides is 1. The van der Waals surface area contributed by atoms with Crippen LogP contribution in [0.5, 0.6) is 0 Å². The molecule has 0 N–H and O–H groups in total. The van der Waals surface area contributed by atoms with Gasteiger partial charge in [0, 0.05) is 24.3 Å². The summed E-state index contributed by atoms with van der Waals surface area (Å²) in [4.78, 5) is 28.6. The van der Waals surface area contributed by atoms with Crippen molar-refractivity contribution in [2.24, 2.45) is 16.8 Å². The van der Waals surface area contributed by atoms with Crippen LogP contribution in [0.3, 0.4) is 0 Å². The van der Waals surface area contributed by atoms with Gasteiger partial charge in [-0.2, -0.15) is 0 Å². The highest BCUT2D eigenvalue weighted by Gasteiger charge is 2.38. The predicted molar refractivity (Wildman–Crippen MR) is 119 cm³/mol. The molecule has 3 aliphatic rings. The summed E-state index contributed by atoms with van der Waals surface area (Å²) < 4.78 is 4.45. The van der Waals surface area contributed by atoms with Gasteiger partial charge >= 0.3 is 6.09 Å². The van der Waals surface area contributed by atoms with E-state index in [0.717, 1.165) is 12.8 Å². The lowest BCUT2D eigenvalue weighted by atomic mass is 9.67. The number of Topliss-reactive ketones (excluding diaryl/α,β-unsaturated/α-hetero) is 1. The Morgan fingerprint density at radius 1 is 1.17 bits per heavy atom. The minimum Gasteiger partial charge on any atom is -0.452 e. The zero-order valence-electron chi connectivity index (χ0n) is 17.3. The second kappa shape index (κ2) is 8.66. The first-order chi connectivity index (χ1) is 14.6. The molecule has 5 nitrogen and oxygen atoms in total. The highest BCUT2D eigenvalue weighted by molar-refractivity contribution is 5.97. The molecule has 154 valence electrons. The molecule has 1 saturated carbocycles. The summed E-state index contributed by atoms with van der Waals surface area (Å²) in [6.45, 7) is 2.43. The number of rotatable bonds is 0. The summed E-state index contributed by atoms with van der Waals surface area (Å²) >= 11 is 0. The lowest BCUT2D eigenvalue weighted by Crippen LogP contribution is -2.33. The average Bonchev–Trinajstić information content (AvgIpc) is 2.81. The Labute approximate surface area is 176 Å². The van der Waals surface area contributed by atoms with E-state index in [1.54, 1.807) is 18.5 Å². The molecule has 2 aliphatic carbocycles. The smallest absolute Gasteiger partial charge is 0.415 e. The van der Waals surface area contributed by atoms with E-state index in [0.29, 0.717) is 18.4 Å². The second-order valence-corrected chi connectivity index (χ2v) is 7.93. The van der Waals surface area contributed by atoms with Crippen molar-refractivity contribution in [3.8, 4) is 0 Å². The standard InChI is InChI=1S/C19H18O.C6H8N2O2/c1-12-6-7-14-9-10-16-15-5-3-2-4-13(15)8-11-17(16)18(14)19(12)20;1-10-6(9)8-4-2-3-7-5-8/h2-5,8-12,14,18H,6-7H2,1H3;2-4H,5H2,1H3. The highest BCUT2D eigenvalue weighted by atomic mass is 16.5. The largest absolute Gasteiger partial charge is 0.452 e. The van der Waals surface area contributed by atoms with Crippen LogP contribution in [0.1, 0.15) is 36.8 Å². The maximum absolute atomic E-state index is 12.6. The molecule has 0 radical (unpaired) electrons. The van der Waals surface area contributed by atoms with Crippen molar-refractivity contribution in [2.45, 2.75) is 25.7 Å². The van der Waals surface area contributed by atoms with Crippen molar-refractivity contribution in [3.63, 3.8) is 0 Å². The van der Waals surface area contributed by atoms with E-state index in [1.165, 1.54) is 33.9 Å². The SMILES string of the molecule is CC1CCC2C=Cc3c(ccc4ccccc34)C2C1=O.COC(=O)N1C=CC=NC1. The molecule has 0 saturated heterocycles. The van der Waals surface area contributed by atoms with Crippen molar-refractivity contribution >= 4 is 34.9 Å². The summed E-state index contributed by atoms with van der Waals surface area (Å²) in [6.07, 6.45) is 11.2. The molecule has 2 aromatic carbocycles. The fraction of sp³-hybridized carbons (Fsp3) is 0.320. The van der Waals surface area contributed by atoms with Gasteiger partial charge in [0.1, 0.15) is 12.5 Å². The van der Waals surface area contributed by atoms with Gasteiger partial charge in [0.15, 0.2) is 0 Å². The maximum Gasteiger partial charge on any atom is 0.415 e. The first kappa shape index (κ1) is 20.1. The molecule has 1 fully saturated rings. The number of benzene rings is 2. The molecule has 5 rings (SSSR count). The molecule has 1 heterocycles. The van der Waals surface area contributed by atoms with Gasteiger partial charge in [0.2, 0.25) is 0 Å². The Kier molecular flexibility index (Phi) is 5.79. The third-order valence-electron chi connectivity index (χ3n) is 6.10. The van der Waals surface area contributed by atoms with Crippen LogP contribution in [0.25, 0.3) is 16.8 Å². The molecule has 30 heavy (non-hydrogen) atoms. The number of ketones is 1. The normalized spacial score (nSPS) is 24.0. The Bertz CT molecular complexity index is 1050. The molecule has 0 aromatic heterocycles. The summed E-state index contributed by atoms with van der Waals surface area (Å²) in [5, 5.41) is 2.52. The summed E-state index contributed by atoms with van der Waals surface area (Å²) in [5.74, 6) is 1.14. The van der Waals surface area contributed by atoms with Crippen LogP contribution in [0.2, 0.25) is 0 Å². The van der Waals surface area contributed by atoms with Crippen molar-refractivity contribution < 1.29 is 14.3 Å². The van der Waals surface area contributed by atoms with Gasteiger partial charge in [-0.1, -0.05) is 55.5 Å². The third kappa shape index (κ3) is 3.80. The fourth-order valence-corrected chi connectivity index (χ4v) is 4.47. The summed E-state index contributed by atoms with van der Waals surface area (Å²) in [5.41, 5.74) is 2.50. The van der Waals surface area contributed by atoms with Crippen molar-refractivity contribution in [1.29, 1.82) is 0 Å². The highest BCUT2D eigenvalue weighted by Crippen LogP contribution is 2.44. The summed E-state index contributed by atoms with van der Waals surface area (Å²) in [6, 6.07) is 12.8. The van der Waals surface area contributed by atoms with Gasteiger partial charge in [-0.3, -0.25) is 14.7 Å². The molecule has 2 aromatic rings. The fourth-order valence-electron chi connectivity index (χ4n) is 4.47. The van der Waals surface area contributed by atoms with Crippen LogP contribution in [0.15, 0.2) is 59.7 Å². The van der Waals surface area contributed by atoms with Crippen LogP contribution in [-0.2, 0) is 9.53 Å². The van der Waals surface area contributed by atoms with Crippen molar-refractivity contribution in [1.82, 2.24) is 4.90 Å². The minimum atomic E-state index is -0.381. The van der Waals surface area contributed by atoms with E-state index < -0.39 is 0 Å². The number of allylic oxidation sites excluding steroid dienone is 2. The zero-order valence-corrected chi connectivity index (χ0v) is 17.3. The van der Waals surface area contributed by atoms with E-state index in [2.05, 4.69) is 65.2 Å². The van der Waals surface area contributed by atoms with Gasteiger partial charge < -0.3 is 4.74 Å². The van der Waals surface area contributed by atoms with Gasteiger partial charge in [0.25, 0.3) is 0 Å². The lowest BCUT2D eigenvalue weighted by molar-refractivity contribution is -0.126. The molecular weight excluding hydrogens is 376 g/mol. The monoisotopic (exact) mass is 402 g/mol. The molecule has 1 amide bonds. The van der Waals surface area contributed by atoms with Gasteiger partial charge in [0.05, 0.1) is 7.11 Å². The number of carbonyl (C=O) groups excluding carboxylic acids is 2. The van der Waals surface area contributed by atoms with E-state index >= 15 is 0 Å². The first-order valence-corrected chi connectivity index (χ1v) is 10.3. The van der Waals surface area contributed by atoms with E-state index in [1.807, 2.05) is 0 Å². The van der Waals surface area contributed by atoms with E-state index in [9.17, 15) is 9.59 Å². The number of hydrogen-bond donors (Lipinski definition) is 0. The zero-order chi connectivity index (χ0) is 21.1. The Morgan fingerprint density at radius 2 is 2.00 bits per heavy atom. The average molecular weight is 402 g/mol. The number of ether oxygens (including phenoxy) is 1. The molecule has 0 spiro atoms. The number of hydrogen-bond acceptors (Lipinski definition) is 4. The Hall–Kier alpha value is -3.21. The van der Waals surface area contributed by atoms with Crippen molar-refractivity contribution in [2.75, 3.05) is 13.8 Å². The van der Waals surface area contributed by atoms with Gasteiger partial charge in [-0.15, -0.1) is 0 Å². The number of fused-ring (bicyclic) bond motifs is 5. The Morgan fingerprint density at radius 3 is 2.77 bits per heavy atom. The predicted octanol–water partition coefficient (Wildman–Crippen LogP) is 5.18. The second-order valence-electron chi connectivity index (χ2n) is 7.93. The number of nitrogens with zero attached hydrogens (tertiary/aromatic N) is 2. The number of methoxy groups -OCH3 is 1. The molecule has 3 unspecified atom stereocenters. The van der Waals surface area contributed by atoms with E-state index in [-0.39, 0.29) is 17.9 Å². The molecule has 0 bridgehead atoms. The lowest BCUT2D eigenvalue weighted by Gasteiger charge is -2.35. The first-order valence-electron chi connectivity index (χ1n) is 10.3. The van der Waals surface area contributed by atoms with Crippen LogP contribution >= 0.6 is 0 Å². The van der Waals surface area contributed by atoms with Gasteiger partial charge in [-0.05, 0) is 46.7 Å². The number of carbonyl (C=O) groups is 2. The number of aliphatic imine (C=N–C) groups is 1. The topological polar surface area (TPSA) is 59.0 Å². The Balaban J connectivity index is 0.000000185. The quantitative estimate of drug-likeness (QED) is 0.610. The third-order valence-corrected chi connectivity index (χ3v) is 6.10. The molecule has 1 aliphatic heterocycles. The molecular formula is C25H26N2O3. The molecule has 5 heteroatoms. The molecule has 3 atom stereocenters. The minimum absolute atomic E-state index is 0.0864. The van der Waals surface area contributed by atoms with Crippen molar-refractivity contribution in [3.05, 3.63) is 65.9 Å². The van der Waals surface area contributed by atoms with Crippen LogP contribution in [0.4, 0.5) is 4.79 Å². The van der Waals surface area contributed by atoms with E-state index in [4.69, 9.17) is 0 Å². The van der Waals surface area contributed by atoms with Gasteiger partial charge in [-0.25, -0.2) is 4.79 Å². The maximum atomic E-state index is 12.6.